The van der Waals surface area contributed by atoms with E-state index < -0.39 is 18.2 Å². The summed E-state index contributed by atoms with van der Waals surface area (Å²) in [6.07, 6.45) is -2.73. The fraction of sp³-hybridized carbons (Fsp3) is 0.400. The van der Waals surface area contributed by atoms with Gasteiger partial charge in [0, 0.05) is 13.1 Å². The Morgan fingerprint density at radius 2 is 2.30 bits per heavy atom. The maximum absolute atomic E-state index is 12.3. The van der Waals surface area contributed by atoms with Crippen molar-refractivity contribution in [3.8, 4) is 0 Å². The highest BCUT2D eigenvalue weighted by Gasteiger charge is 2.14. The monoisotopic (exact) mass is 286 g/mol. The van der Waals surface area contributed by atoms with Crippen molar-refractivity contribution >= 4 is 12.0 Å². The number of urea groups is 1. The average molecular weight is 286 g/mol. The topological polar surface area (TPSA) is 97.9 Å². The molecule has 2 rings (SSSR count). The number of amides is 2. The average Bonchev–Trinajstić information content (AvgIpc) is 2.95. The smallest absolute Gasteiger partial charge is 0.321 e. The molecule has 0 aromatic carbocycles. The fourth-order valence-electron chi connectivity index (χ4n) is 1.35. The summed E-state index contributed by atoms with van der Waals surface area (Å²) < 4.78 is 30.4. The summed E-state index contributed by atoms with van der Waals surface area (Å²) in [5, 5.41) is 12.2. The van der Waals surface area contributed by atoms with Crippen LogP contribution in [0.1, 0.15) is 23.7 Å². The van der Waals surface area contributed by atoms with Crippen LogP contribution >= 0.6 is 0 Å². The van der Waals surface area contributed by atoms with E-state index in [-0.39, 0.29) is 18.2 Å². The van der Waals surface area contributed by atoms with Gasteiger partial charge in [0.1, 0.15) is 11.5 Å². The number of alkyl halides is 2. The molecule has 0 aliphatic heterocycles. The largest absolute Gasteiger partial charge is 0.355 e. The summed E-state index contributed by atoms with van der Waals surface area (Å²) in [6.45, 7) is 1.69. The number of hydrogen-bond donors (Lipinski definition) is 2. The van der Waals surface area contributed by atoms with Crippen LogP contribution in [-0.4, -0.2) is 26.0 Å². The highest BCUT2D eigenvalue weighted by Crippen LogP contribution is 2.18. The molecule has 0 saturated carbocycles. The lowest BCUT2D eigenvalue weighted by Gasteiger charge is -2.01. The van der Waals surface area contributed by atoms with Gasteiger partial charge in [-0.15, -0.1) is 5.10 Å². The van der Waals surface area contributed by atoms with Gasteiger partial charge in [-0.05, 0) is 6.92 Å². The zero-order valence-electron chi connectivity index (χ0n) is 10.7. The van der Waals surface area contributed by atoms with Crippen molar-refractivity contribution < 1.29 is 18.1 Å². The molecule has 0 spiro atoms. The minimum atomic E-state index is -2.73. The van der Waals surface area contributed by atoms with E-state index in [2.05, 4.69) is 30.4 Å². The van der Waals surface area contributed by atoms with Crippen LogP contribution in [0, 0.1) is 6.92 Å². The normalized spacial score (nSPS) is 10.8. The molecular formula is C10H12F2N6O2. The standard InChI is InChI=1S/C10H12F2N6O2/c1-5-14-9(16-18(5)2)15-10(19)13-4-6-3-7(8(11)12)20-17-6/h3,8H,4H2,1-2H3,(H2,13,15,16,19). The van der Waals surface area contributed by atoms with Crippen molar-refractivity contribution in [3.63, 3.8) is 0 Å². The lowest BCUT2D eigenvalue weighted by molar-refractivity contribution is 0.112. The van der Waals surface area contributed by atoms with Crippen molar-refractivity contribution in [2.75, 3.05) is 5.32 Å². The number of carbonyl (C=O) groups is 1. The Hall–Kier alpha value is -2.52. The molecule has 108 valence electrons. The first-order chi connectivity index (χ1) is 9.45. The van der Waals surface area contributed by atoms with Crippen LogP contribution in [0.4, 0.5) is 19.5 Å². The fourth-order valence-corrected chi connectivity index (χ4v) is 1.35. The third-order valence-corrected chi connectivity index (χ3v) is 2.43. The van der Waals surface area contributed by atoms with E-state index >= 15 is 0 Å². The summed E-state index contributed by atoms with van der Waals surface area (Å²) in [5.41, 5.74) is 0.195. The van der Waals surface area contributed by atoms with Gasteiger partial charge < -0.3 is 9.84 Å². The van der Waals surface area contributed by atoms with Gasteiger partial charge in [0.25, 0.3) is 6.43 Å². The number of carbonyl (C=O) groups excluding carboxylic acids is 1. The van der Waals surface area contributed by atoms with E-state index in [9.17, 15) is 13.6 Å². The van der Waals surface area contributed by atoms with E-state index in [1.165, 1.54) is 4.68 Å². The van der Waals surface area contributed by atoms with Gasteiger partial charge in [-0.3, -0.25) is 10.00 Å². The number of nitrogens with one attached hydrogen (secondary N) is 2. The van der Waals surface area contributed by atoms with Gasteiger partial charge >= 0.3 is 6.03 Å². The molecule has 2 aromatic heterocycles. The van der Waals surface area contributed by atoms with Crippen molar-refractivity contribution in [1.82, 2.24) is 25.2 Å². The zero-order chi connectivity index (χ0) is 14.7. The van der Waals surface area contributed by atoms with Gasteiger partial charge in [-0.1, -0.05) is 5.16 Å². The van der Waals surface area contributed by atoms with Crippen LogP contribution in [0.5, 0.6) is 0 Å². The van der Waals surface area contributed by atoms with E-state index in [0.29, 0.717) is 5.82 Å². The molecular weight excluding hydrogens is 274 g/mol. The molecule has 8 nitrogen and oxygen atoms in total. The van der Waals surface area contributed by atoms with Gasteiger partial charge in [0.05, 0.1) is 6.54 Å². The number of anilines is 1. The van der Waals surface area contributed by atoms with Crippen LogP contribution in [0.15, 0.2) is 10.6 Å². The first kappa shape index (κ1) is 13.9. The Morgan fingerprint density at radius 1 is 1.55 bits per heavy atom. The van der Waals surface area contributed by atoms with Gasteiger partial charge in [0.15, 0.2) is 0 Å². The Morgan fingerprint density at radius 3 is 2.85 bits per heavy atom. The summed E-state index contributed by atoms with van der Waals surface area (Å²) in [6, 6.07) is 0.505. The van der Waals surface area contributed by atoms with Crippen molar-refractivity contribution in [2.24, 2.45) is 7.05 Å². The second-order valence-corrected chi connectivity index (χ2v) is 3.94. The number of rotatable bonds is 4. The molecule has 0 bridgehead atoms. The SMILES string of the molecule is Cc1nc(NC(=O)NCc2cc(C(F)F)on2)nn1C. The Kier molecular flexibility index (Phi) is 3.91. The Labute approximate surface area is 112 Å². The van der Waals surface area contributed by atoms with E-state index in [1.54, 1.807) is 14.0 Å². The van der Waals surface area contributed by atoms with Crippen molar-refractivity contribution in [2.45, 2.75) is 19.9 Å². The van der Waals surface area contributed by atoms with Crippen LogP contribution < -0.4 is 10.6 Å². The maximum Gasteiger partial charge on any atom is 0.321 e. The van der Waals surface area contributed by atoms with E-state index in [1.807, 2.05) is 0 Å². The predicted octanol–water partition coefficient (Wildman–Crippen LogP) is 1.37. The minimum Gasteiger partial charge on any atom is -0.355 e. The highest BCUT2D eigenvalue weighted by molar-refractivity contribution is 5.87. The molecule has 0 atom stereocenters. The summed E-state index contributed by atoms with van der Waals surface area (Å²) >= 11 is 0. The number of aryl methyl sites for hydroxylation is 2. The molecule has 20 heavy (non-hydrogen) atoms. The molecule has 2 aromatic rings. The molecule has 10 heteroatoms. The van der Waals surface area contributed by atoms with Crippen molar-refractivity contribution in [3.05, 3.63) is 23.3 Å². The highest BCUT2D eigenvalue weighted by atomic mass is 19.3. The third-order valence-electron chi connectivity index (χ3n) is 2.43. The molecule has 0 aliphatic rings. The molecule has 0 unspecified atom stereocenters. The molecule has 0 fully saturated rings. The van der Waals surface area contributed by atoms with E-state index in [0.717, 1.165) is 6.07 Å². The van der Waals surface area contributed by atoms with Crippen molar-refractivity contribution in [1.29, 1.82) is 0 Å². The van der Waals surface area contributed by atoms with Crippen LogP contribution in [-0.2, 0) is 13.6 Å². The maximum atomic E-state index is 12.3. The summed E-state index contributed by atoms with van der Waals surface area (Å²) in [5.74, 6) is 0.249. The molecule has 2 N–H and O–H groups in total. The zero-order valence-corrected chi connectivity index (χ0v) is 10.7. The second kappa shape index (κ2) is 5.63. The molecule has 0 saturated heterocycles. The molecule has 0 aliphatic carbocycles. The van der Waals surface area contributed by atoms with Crippen LogP contribution in [0.3, 0.4) is 0 Å². The van der Waals surface area contributed by atoms with E-state index in [4.69, 9.17) is 0 Å². The van der Waals surface area contributed by atoms with Crippen LogP contribution in [0.2, 0.25) is 0 Å². The Bertz CT molecular complexity index is 589. The number of aromatic nitrogens is 4. The number of nitrogens with zero attached hydrogens (tertiary/aromatic N) is 4. The Balaban J connectivity index is 1.85. The molecule has 2 heterocycles. The molecule has 0 radical (unpaired) electrons. The molecule has 2 amide bonds. The van der Waals surface area contributed by atoms with Gasteiger partial charge in [-0.25, -0.2) is 13.6 Å². The first-order valence-electron chi connectivity index (χ1n) is 5.62. The van der Waals surface area contributed by atoms with Gasteiger partial charge in [0.2, 0.25) is 11.7 Å². The summed E-state index contributed by atoms with van der Waals surface area (Å²) in [4.78, 5) is 15.5. The minimum absolute atomic E-state index is 0.0477. The lowest BCUT2D eigenvalue weighted by Crippen LogP contribution is -2.28. The summed E-state index contributed by atoms with van der Waals surface area (Å²) in [7, 11) is 1.69. The predicted molar refractivity (Wildman–Crippen MR) is 63.1 cm³/mol. The lowest BCUT2D eigenvalue weighted by atomic mass is 10.3. The quantitative estimate of drug-likeness (QED) is 0.884. The van der Waals surface area contributed by atoms with Gasteiger partial charge in [-0.2, -0.15) is 4.98 Å². The second-order valence-electron chi connectivity index (χ2n) is 3.94. The number of halogens is 2. The van der Waals surface area contributed by atoms with Crippen LogP contribution in [0.25, 0.3) is 0 Å². The first-order valence-corrected chi connectivity index (χ1v) is 5.62. The number of hydrogen-bond acceptors (Lipinski definition) is 5. The third kappa shape index (κ3) is 3.28.